The maximum atomic E-state index is 13.9. The lowest BCUT2D eigenvalue weighted by Gasteiger charge is -2.13. The molecule has 0 spiro atoms. The summed E-state index contributed by atoms with van der Waals surface area (Å²) in [6.45, 7) is 7.95. The van der Waals surface area contributed by atoms with E-state index in [9.17, 15) is 19.2 Å². The van der Waals surface area contributed by atoms with Gasteiger partial charge in [0.25, 0.3) is 5.56 Å². The van der Waals surface area contributed by atoms with Gasteiger partial charge in [0.15, 0.2) is 11.6 Å². The van der Waals surface area contributed by atoms with Crippen molar-refractivity contribution in [2.75, 3.05) is 13.7 Å². The van der Waals surface area contributed by atoms with Gasteiger partial charge in [0.2, 0.25) is 0 Å². The molecule has 11 nitrogen and oxygen atoms in total. The molecule has 0 aliphatic rings. The van der Waals surface area contributed by atoms with Crippen LogP contribution in [0.5, 0.6) is 11.5 Å². The van der Waals surface area contributed by atoms with Crippen molar-refractivity contribution in [1.29, 1.82) is 0 Å². The fourth-order valence-corrected chi connectivity index (χ4v) is 6.38. The molecule has 12 heteroatoms. The predicted molar refractivity (Wildman–Crippen MR) is 187 cm³/mol. The molecule has 0 aliphatic carbocycles. The van der Waals surface area contributed by atoms with Crippen LogP contribution >= 0.6 is 11.3 Å². The van der Waals surface area contributed by atoms with Crippen LogP contribution in [-0.2, 0) is 19.5 Å². The number of methoxy groups -OCH3 is 1. The maximum absolute atomic E-state index is 13.9. The second-order valence-corrected chi connectivity index (χ2v) is 11.6. The highest BCUT2D eigenvalue weighted by atomic mass is 32.1. The van der Waals surface area contributed by atoms with E-state index in [1.807, 2.05) is 76.2 Å². The summed E-state index contributed by atoms with van der Waals surface area (Å²) in [5.74, 6) is 0.144. The zero-order valence-electron chi connectivity index (χ0n) is 27.4. The molecule has 1 N–H and O–H groups in total. The summed E-state index contributed by atoms with van der Waals surface area (Å²) in [7, 11) is 1.49. The minimum Gasteiger partial charge on any atom is -0.497 e. The summed E-state index contributed by atoms with van der Waals surface area (Å²) in [6.07, 6.45) is 0.695. The van der Waals surface area contributed by atoms with E-state index in [-0.39, 0.29) is 12.1 Å². The number of rotatable bonds is 11. The van der Waals surface area contributed by atoms with Crippen LogP contribution in [0.3, 0.4) is 0 Å². The molecule has 0 fully saturated rings. The number of carbonyl (C=O) groups excluding carboxylic acids is 1. The van der Waals surface area contributed by atoms with Gasteiger partial charge in [0, 0.05) is 22.1 Å². The molecule has 6 aromatic rings. The summed E-state index contributed by atoms with van der Waals surface area (Å²) < 4.78 is 18.1. The standard InChI is InChI=1S/C34H30N4O7S.C2H6/c1-4-25-17-28-31(40)37(19-29(39)22-14-23(43-3)16-24(15-22)44-5-2)34(42)38(32(28)46-25)18-20-10-12-21(13-11-20)26-8-6-7-9-27(26)30-35-33(41)45-36-30;1-2/h6-17H,4-5,18-19H2,1-3H3,(H,35,36,41);1-2H3. The molecule has 0 saturated carbocycles. The van der Waals surface area contributed by atoms with E-state index in [4.69, 9.17) is 14.0 Å². The molecule has 0 radical (unpaired) electrons. The van der Waals surface area contributed by atoms with Crippen LogP contribution in [0.4, 0.5) is 0 Å². The molecule has 6 rings (SSSR count). The van der Waals surface area contributed by atoms with E-state index in [1.54, 1.807) is 28.8 Å². The average molecular weight is 669 g/mol. The number of aromatic amines is 1. The van der Waals surface area contributed by atoms with Crippen LogP contribution in [0.1, 0.15) is 48.5 Å². The number of aromatic nitrogens is 4. The van der Waals surface area contributed by atoms with Crippen molar-refractivity contribution in [3.05, 3.63) is 120 Å². The Hall–Kier alpha value is -5.49. The first-order valence-electron chi connectivity index (χ1n) is 15.7. The molecule has 0 amide bonds. The number of H-pyrrole nitrogens is 1. The summed E-state index contributed by atoms with van der Waals surface area (Å²) >= 11 is 1.40. The lowest BCUT2D eigenvalue weighted by atomic mass is 9.98. The van der Waals surface area contributed by atoms with Crippen molar-refractivity contribution in [3.8, 4) is 34.0 Å². The lowest BCUT2D eigenvalue weighted by molar-refractivity contribution is 0.0968. The highest BCUT2D eigenvalue weighted by molar-refractivity contribution is 7.18. The first kappa shape index (κ1) is 33.9. The fraction of sp³-hybridized carbons (Fsp3) is 0.250. The van der Waals surface area contributed by atoms with Crippen LogP contribution in [0.15, 0.2) is 91.7 Å². The normalized spacial score (nSPS) is 10.9. The Morgan fingerprint density at radius 3 is 2.27 bits per heavy atom. The number of fused-ring (bicyclic) bond motifs is 1. The number of thiophene rings is 1. The number of nitrogens with zero attached hydrogens (tertiary/aromatic N) is 3. The maximum Gasteiger partial charge on any atom is 0.439 e. The van der Waals surface area contributed by atoms with Gasteiger partial charge in [-0.3, -0.25) is 28.2 Å². The molecule has 0 bridgehead atoms. The molecule has 0 atom stereocenters. The quantitative estimate of drug-likeness (QED) is 0.162. The lowest BCUT2D eigenvalue weighted by Crippen LogP contribution is -2.41. The van der Waals surface area contributed by atoms with Gasteiger partial charge in [0.05, 0.1) is 32.2 Å². The van der Waals surface area contributed by atoms with Crippen LogP contribution in [0, 0.1) is 0 Å². The number of ether oxygens (including phenoxy) is 2. The minimum atomic E-state index is -0.640. The third-order valence-corrected chi connectivity index (χ3v) is 8.88. The van der Waals surface area contributed by atoms with Crippen LogP contribution in [0.2, 0.25) is 0 Å². The molecular weight excluding hydrogens is 632 g/mol. The molecule has 0 aliphatic heterocycles. The van der Waals surface area contributed by atoms with Gasteiger partial charge in [-0.05, 0) is 48.2 Å². The number of aryl methyl sites for hydroxylation is 1. The number of ketones is 1. The van der Waals surface area contributed by atoms with Crippen molar-refractivity contribution in [1.82, 2.24) is 19.3 Å². The third kappa shape index (κ3) is 6.93. The number of carbonyl (C=O) groups is 1. The van der Waals surface area contributed by atoms with Crippen LogP contribution < -0.4 is 26.5 Å². The number of nitrogens with one attached hydrogen (secondary N) is 1. The van der Waals surface area contributed by atoms with Crippen molar-refractivity contribution >= 4 is 27.3 Å². The van der Waals surface area contributed by atoms with Crippen molar-refractivity contribution in [2.45, 2.75) is 47.2 Å². The second kappa shape index (κ2) is 14.9. The number of benzene rings is 3. The summed E-state index contributed by atoms with van der Waals surface area (Å²) in [4.78, 5) is 56.7. The largest absolute Gasteiger partial charge is 0.497 e. The fourth-order valence-electron chi connectivity index (χ4n) is 5.30. The van der Waals surface area contributed by atoms with Crippen molar-refractivity contribution < 1.29 is 18.8 Å². The molecule has 0 unspecified atom stereocenters. The van der Waals surface area contributed by atoms with E-state index < -0.39 is 29.3 Å². The number of hydrogen-bond donors (Lipinski definition) is 1. The second-order valence-electron chi connectivity index (χ2n) is 10.5. The van der Waals surface area contributed by atoms with E-state index in [0.717, 1.165) is 26.1 Å². The number of hydrogen-bond acceptors (Lipinski definition) is 9. The molecule has 248 valence electrons. The Balaban J connectivity index is 0.00000221. The Labute approximate surface area is 280 Å². The Morgan fingerprint density at radius 2 is 1.62 bits per heavy atom. The first-order chi connectivity index (χ1) is 23.3. The SMILES string of the molecule is CC.CCOc1cc(OC)cc(C(=O)Cn2c(=O)c3cc(CC)sc3n(Cc3ccc(-c4ccccc4-c4noc(=O)[nH]4)cc3)c2=O)c1. The highest BCUT2D eigenvalue weighted by Crippen LogP contribution is 2.30. The van der Waals surface area contributed by atoms with Gasteiger partial charge < -0.3 is 9.47 Å². The highest BCUT2D eigenvalue weighted by Gasteiger charge is 2.20. The van der Waals surface area contributed by atoms with Crippen molar-refractivity contribution in [3.63, 3.8) is 0 Å². The zero-order valence-corrected chi connectivity index (χ0v) is 28.2. The zero-order chi connectivity index (χ0) is 34.4. The Bertz CT molecular complexity index is 2240. The summed E-state index contributed by atoms with van der Waals surface area (Å²) in [6, 6.07) is 21.7. The molecule has 3 aromatic heterocycles. The molecule has 3 aromatic carbocycles. The van der Waals surface area contributed by atoms with E-state index in [0.29, 0.717) is 46.1 Å². The van der Waals surface area contributed by atoms with E-state index >= 15 is 0 Å². The van der Waals surface area contributed by atoms with E-state index in [2.05, 4.69) is 10.1 Å². The van der Waals surface area contributed by atoms with Crippen LogP contribution in [0.25, 0.3) is 32.7 Å². The monoisotopic (exact) mass is 668 g/mol. The van der Waals surface area contributed by atoms with Crippen LogP contribution in [-0.4, -0.2) is 38.8 Å². The smallest absolute Gasteiger partial charge is 0.439 e. The number of Topliss-reactive ketones (excluding diaryl/α,β-unsaturated/α-hetero) is 1. The van der Waals surface area contributed by atoms with Gasteiger partial charge in [0.1, 0.15) is 16.3 Å². The third-order valence-electron chi connectivity index (χ3n) is 7.57. The molecule has 48 heavy (non-hydrogen) atoms. The average Bonchev–Trinajstić information content (AvgIpc) is 3.76. The van der Waals surface area contributed by atoms with Gasteiger partial charge in [-0.15, -0.1) is 11.3 Å². The predicted octanol–water partition coefficient (Wildman–Crippen LogP) is 6.16. The summed E-state index contributed by atoms with van der Waals surface area (Å²) in [5, 5.41) is 4.22. The Morgan fingerprint density at radius 1 is 0.917 bits per heavy atom. The Kier molecular flexibility index (Phi) is 10.5. The topological polar surface area (TPSA) is 138 Å². The molecular formula is C36H36N4O7S. The van der Waals surface area contributed by atoms with Gasteiger partial charge in [-0.25, -0.2) is 9.59 Å². The summed E-state index contributed by atoms with van der Waals surface area (Å²) in [5.41, 5.74) is 2.40. The van der Waals surface area contributed by atoms with Gasteiger partial charge in [-0.1, -0.05) is 74.5 Å². The molecule has 0 saturated heterocycles. The van der Waals surface area contributed by atoms with E-state index in [1.165, 1.54) is 18.4 Å². The van der Waals surface area contributed by atoms with Gasteiger partial charge >= 0.3 is 11.4 Å². The minimum absolute atomic E-state index is 0.180. The molecule has 3 heterocycles. The van der Waals surface area contributed by atoms with Crippen molar-refractivity contribution in [2.24, 2.45) is 0 Å². The van der Waals surface area contributed by atoms with Gasteiger partial charge in [-0.2, -0.15) is 0 Å². The first-order valence-corrected chi connectivity index (χ1v) is 16.5.